The van der Waals surface area contributed by atoms with Crippen LogP contribution in [0.4, 0.5) is 0 Å². The lowest BCUT2D eigenvalue weighted by atomic mass is 9.92. The van der Waals surface area contributed by atoms with E-state index in [9.17, 15) is 14.7 Å². The van der Waals surface area contributed by atoms with E-state index < -0.39 is 11.5 Å². The lowest BCUT2D eigenvalue weighted by Crippen LogP contribution is -2.46. The molecule has 2 aromatic carbocycles. The van der Waals surface area contributed by atoms with E-state index in [0.29, 0.717) is 12.0 Å². The van der Waals surface area contributed by atoms with Crippen molar-refractivity contribution in [3.63, 3.8) is 0 Å². The van der Waals surface area contributed by atoms with Crippen LogP contribution in [0.5, 0.6) is 0 Å². The van der Waals surface area contributed by atoms with Gasteiger partial charge in [-0.25, -0.2) is 4.79 Å². The Labute approximate surface area is 142 Å². The van der Waals surface area contributed by atoms with Crippen LogP contribution in [0.2, 0.25) is 0 Å². The zero-order chi connectivity index (χ0) is 17.7. The van der Waals surface area contributed by atoms with E-state index in [1.54, 1.807) is 18.2 Å². The van der Waals surface area contributed by atoms with Gasteiger partial charge in [-0.2, -0.15) is 0 Å². The fourth-order valence-corrected chi connectivity index (χ4v) is 2.81. The highest BCUT2D eigenvalue weighted by atomic mass is 16.4. The fourth-order valence-electron chi connectivity index (χ4n) is 2.81. The van der Waals surface area contributed by atoms with Crippen LogP contribution in [-0.2, 0) is 17.6 Å². The lowest BCUT2D eigenvalue weighted by Gasteiger charge is -2.27. The monoisotopic (exact) mass is 325 g/mol. The number of amides is 1. The Balaban J connectivity index is 2.06. The van der Waals surface area contributed by atoms with Crippen molar-refractivity contribution in [2.45, 2.75) is 39.2 Å². The van der Waals surface area contributed by atoms with Crippen LogP contribution in [0.1, 0.15) is 40.9 Å². The van der Waals surface area contributed by atoms with Gasteiger partial charge in [0.2, 0.25) is 5.91 Å². The second-order valence-corrected chi connectivity index (χ2v) is 6.67. The van der Waals surface area contributed by atoms with E-state index in [4.69, 9.17) is 0 Å². The van der Waals surface area contributed by atoms with Gasteiger partial charge in [-0.1, -0.05) is 42.5 Å². The Bertz CT molecular complexity index is 750. The third kappa shape index (κ3) is 4.69. The predicted molar refractivity (Wildman–Crippen MR) is 94.2 cm³/mol. The maximum Gasteiger partial charge on any atom is 0.335 e. The lowest BCUT2D eigenvalue weighted by molar-refractivity contribution is -0.122. The third-order valence-electron chi connectivity index (χ3n) is 3.97. The van der Waals surface area contributed by atoms with Gasteiger partial charge in [0.25, 0.3) is 0 Å². The smallest absolute Gasteiger partial charge is 0.335 e. The second-order valence-electron chi connectivity index (χ2n) is 6.67. The summed E-state index contributed by atoms with van der Waals surface area (Å²) < 4.78 is 0. The summed E-state index contributed by atoms with van der Waals surface area (Å²) in [5, 5.41) is 12.2. The molecular formula is C20H23NO3. The van der Waals surface area contributed by atoms with Crippen LogP contribution in [0, 0.1) is 6.92 Å². The van der Waals surface area contributed by atoms with Crippen molar-refractivity contribution in [1.29, 1.82) is 0 Å². The summed E-state index contributed by atoms with van der Waals surface area (Å²) in [7, 11) is 0. The molecule has 0 aliphatic rings. The van der Waals surface area contributed by atoms with E-state index in [1.165, 1.54) is 17.2 Å². The predicted octanol–water partition coefficient (Wildman–Crippen LogP) is 3.37. The molecule has 0 unspecified atom stereocenters. The van der Waals surface area contributed by atoms with Gasteiger partial charge in [0.05, 0.1) is 12.0 Å². The highest BCUT2D eigenvalue weighted by Crippen LogP contribution is 2.17. The van der Waals surface area contributed by atoms with Gasteiger partial charge in [0.15, 0.2) is 0 Å². The molecule has 0 spiro atoms. The van der Waals surface area contributed by atoms with Gasteiger partial charge in [0, 0.05) is 5.54 Å². The topological polar surface area (TPSA) is 66.4 Å². The highest BCUT2D eigenvalue weighted by Gasteiger charge is 2.22. The molecule has 0 aliphatic heterocycles. The number of aromatic carboxylic acids is 1. The molecule has 0 aliphatic carbocycles. The summed E-state index contributed by atoms with van der Waals surface area (Å²) in [4.78, 5) is 23.6. The molecule has 1 amide bonds. The molecule has 2 N–H and O–H groups in total. The van der Waals surface area contributed by atoms with Crippen molar-refractivity contribution >= 4 is 11.9 Å². The van der Waals surface area contributed by atoms with Crippen LogP contribution in [0.15, 0.2) is 48.5 Å². The molecule has 24 heavy (non-hydrogen) atoms. The van der Waals surface area contributed by atoms with Crippen molar-refractivity contribution in [2.75, 3.05) is 0 Å². The molecule has 0 heterocycles. The number of carboxylic acid groups (broad SMARTS) is 1. The average Bonchev–Trinajstić information content (AvgIpc) is 2.49. The number of carbonyl (C=O) groups is 2. The van der Waals surface area contributed by atoms with Crippen LogP contribution >= 0.6 is 0 Å². The third-order valence-corrected chi connectivity index (χ3v) is 3.97. The number of carboxylic acids is 1. The maximum atomic E-state index is 12.4. The normalized spacial score (nSPS) is 11.1. The molecule has 0 saturated heterocycles. The summed E-state index contributed by atoms with van der Waals surface area (Å²) in [6.45, 7) is 6.00. The molecule has 0 aromatic heterocycles. The number of aryl methyl sites for hydroxylation is 1. The molecule has 0 fully saturated rings. The molecule has 4 heteroatoms. The number of rotatable bonds is 6. The molecule has 0 atom stereocenters. The number of hydrogen-bond donors (Lipinski definition) is 2. The van der Waals surface area contributed by atoms with Crippen LogP contribution in [0.25, 0.3) is 0 Å². The van der Waals surface area contributed by atoms with E-state index in [0.717, 1.165) is 0 Å². The standard InChI is InChI=1S/C20H23NO3/c1-14-8-4-5-10-16(14)13-20(2,3)21-18(22)12-15-9-6-7-11-17(15)19(23)24/h4-11H,12-13H2,1-3H3,(H,21,22)(H,23,24). The number of hydrogen-bond acceptors (Lipinski definition) is 2. The molecule has 126 valence electrons. The summed E-state index contributed by atoms with van der Waals surface area (Å²) >= 11 is 0. The minimum Gasteiger partial charge on any atom is -0.478 e. The van der Waals surface area contributed by atoms with Gasteiger partial charge < -0.3 is 10.4 Å². The SMILES string of the molecule is Cc1ccccc1CC(C)(C)NC(=O)Cc1ccccc1C(=O)O. The Morgan fingerprint density at radius 2 is 1.58 bits per heavy atom. The first-order chi connectivity index (χ1) is 11.3. The Hall–Kier alpha value is -2.62. The number of nitrogens with one attached hydrogen (secondary N) is 1. The summed E-state index contributed by atoms with van der Waals surface area (Å²) in [5.74, 6) is -1.19. The highest BCUT2D eigenvalue weighted by molar-refractivity contribution is 5.91. The minimum absolute atomic E-state index is 0.0552. The zero-order valence-electron chi connectivity index (χ0n) is 14.3. The summed E-state index contributed by atoms with van der Waals surface area (Å²) in [6, 6.07) is 14.7. The van der Waals surface area contributed by atoms with Crippen molar-refractivity contribution in [1.82, 2.24) is 5.32 Å². The molecule has 0 saturated carbocycles. The average molecular weight is 325 g/mol. The molecule has 0 radical (unpaired) electrons. The first-order valence-corrected chi connectivity index (χ1v) is 7.95. The van der Waals surface area contributed by atoms with Crippen LogP contribution < -0.4 is 5.32 Å². The molecule has 0 bridgehead atoms. The minimum atomic E-state index is -1.02. The van der Waals surface area contributed by atoms with Crippen molar-refractivity contribution < 1.29 is 14.7 Å². The van der Waals surface area contributed by atoms with E-state index in [-0.39, 0.29) is 17.9 Å². The van der Waals surface area contributed by atoms with E-state index in [2.05, 4.69) is 24.4 Å². The first-order valence-electron chi connectivity index (χ1n) is 7.95. The van der Waals surface area contributed by atoms with Gasteiger partial charge in [-0.15, -0.1) is 0 Å². The van der Waals surface area contributed by atoms with Crippen molar-refractivity contribution in [3.8, 4) is 0 Å². The molecular weight excluding hydrogens is 302 g/mol. The molecule has 4 nitrogen and oxygen atoms in total. The number of benzene rings is 2. The Kier molecular flexibility index (Phi) is 5.39. The van der Waals surface area contributed by atoms with Gasteiger partial charge >= 0.3 is 5.97 Å². The van der Waals surface area contributed by atoms with Gasteiger partial charge in [-0.05, 0) is 49.9 Å². The van der Waals surface area contributed by atoms with Crippen LogP contribution in [-0.4, -0.2) is 22.5 Å². The molecule has 2 rings (SSSR count). The van der Waals surface area contributed by atoms with Crippen molar-refractivity contribution in [2.24, 2.45) is 0 Å². The van der Waals surface area contributed by atoms with Crippen molar-refractivity contribution in [3.05, 3.63) is 70.8 Å². The Morgan fingerprint density at radius 1 is 1.00 bits per heavy atom. The second kappa shape index (κ2) is 7.30. The van der Waals surface area contributed by atoms with Crippen LogP contribution in [0.3, 0.4) is 0 Å². The quantitative estimate of drug-likeness (QED) is 0.856. The zero-order valence-corrected chi connectivity index (χ0v) is 14.3. The molecule has 2 aromatic rings. The van der Waals surface area contributed by atoms with E-state index >= 15 is 0 Å². The fraction of sp³-hybridized carbons (Fsp3) is 0.300. The van der Waals surface area contributed by atoms with Gasteiger partial charge in [-0.3, -0.25) is 4.79 Å². The summed E-state index contributed by atoms with van der Waals surface area (Å²) in [5.41, 5.74) is 2.66. The van der Waals surface area contributed by atoms with E-state index in [1.807, 2.05) is 26.0 Å². The maximum absolute atomic E-state index is 12.4. The Morgan fingerprint density at radius 3 is 2.21 bits per heavy atom. The summed E-state index contributed by atoms with van der Waals surface area (Å²) in [6.07, 6.45) is 0.770. The first kappa shape index (κ1) is 17.7. The largest absolute Gasteiger partial charge is 0.478 e. The number of carbonyl (C=O) groups excluding carboxylic acids is 1. The van der Waals surface area contributed by atoms with Gasteiger partial charge in [0.1, 0.15) is 0 Å².